The number of carbonyl (C=O) groups excluding carboxylic acids is 11. The minimum atomic E-state index is -1.75. The summed E-state index contributed by atoms with van der Waals surface area (Å²) >= 11 is 2.66. The molecule has 9 atom stereocenters. The third-order valence-corrected chi connectivity index (χ3v) is 22.9. The van der Waals surface area contributed by atoms with Crippen molar-refractivity contribution in [2.45, 2.75) is 164 Å². The summed E-state index contributed by atoms with van der Waals surface area (Å²) < 4.78 is 0. The maximum atomic E-state index is 15.1. The summed E-state index contributed by atoms with van der Waals surface area (Å²) in [5.41, 5.74) is 14.2. The molecule has 0 aromatic heterocycles. The molecule has 0 saturated carbocycles. The van der Waals surface area contributed by atoms with Crippen molar-refractivity contribution in [3.8, 4) is 0 Å². The van der Waals surface area contributed by atoms with Crippen LogP contribution in [0.3, 0.4) is 0 Å². The topological polar surface area (TPSA) is 466 Å². The molecule has 2 aromatic carbocycles. The number of aliphatic carboxylic acids is 3. The number of Topliss-reactive ketones (excluding diaryl/α,β-unsaturated/α-hetero) is 2. The number of rotatable bonds is 27. The number of carbonyl (C=O) groups is 14. The normalized spacial score (nSPS) is 23.5. The maximum Gasteiger partial charge on any atom is 0.317 e. The van der Waals surface area contributed by atoms with Crippen LogP contribution < -0.4 is 32.7 Å². The van der Waals surface area contributed by atoms with Gasteiger partial charge in [-0.25, -0.2) is 0 Å². The van der Waals surface area contributed by atoms with Gasteiger partial charge in [0.05, 0.1) is 62.3 Å². The van der Waals surface area contributed by atoms with E-state index in [0.717, 1.165) is 29.5 Å². The molecule has 9 amide bonds. The number of ketones is 2. The monoisotopic (exact) mass is 1740 g/mol. The molecule has 5 aliphatic rings. The Balaban J connectivity index is 0.0000196. The third-order valence-electron chi connectivity index (χ3n) is 20.6. The number of hydrogen-bond acceptors (Lipinski definition) is 23. The van der Waals surface area contributed by atoms with Gasteiger partial charge in [-0.2, -0.15) is 23.5 Å². The molecule has 5 heterocycles. The zero-order valence-electron chi connectivity index (χ0n) is 64.1. The second kappa shape index (κ2) is 47.8. The number of piperazine rings is 1. The molecule has 0 unspecified atom stereocenters. The first kappa shape index (κ1) is 93.9. The second-order valence-corrected chi connectivity index (χ2v) is 31.6. The van der Waals surface area contributed by atoms with Crippen molar-refractivity contribution in [1.82, 2.24) is 60.5 Å². The van der Waals surface area contributed by atoms with Crippen molar-refractivity contribution >= 4 is 106 Å². The van der Waals surface area contributed by atoms with E-state index in [0.29, 0.717) is 96.0 Å². The van der Waals surface area contributed by atoms with Gasteiger partial charge in [0.1, 0.15) is 36.0 Å². The summed E-state index contributed by atoms with van der Waals surface area (Å²) in [5, 5.41) is 60.8. The number of aliphatic hydroxyl groups is 2. The molecule has 112 heavy (non-hydrogen) atoms. The number of nitrogens with zero attached hydrogens (tertiary/aromatic N) is 8. The predicted molar refractivity (Wildman–Crippen MR) is 413 cm³/mol. The van der Waals surface area contributed by atoms with Gasteiger partial charge in [0.15, 0.2) is 5.78 Å². The molecule has 36 heteroatoms. The molecule has 5 aliphatic heterocycles. The average Bonchev–Trinajstić information content (AvgIpc) is 1.64. The van der Waals surface area contributed by atoms with Crippen LogP contribution in [0.5, 0.6) is 0 Å². The first-order chi connectivity index (χ1) is 52.9. The van der Waals surface area contributed by atoms with Gasteiger partial charge in [-0.3, -0.25) is 91.6 Å². The predicted octanol–water partition coefficient (Wildman–Crippen LogP) is -0.225. The van der Waals surface area contributed by atoms with E-state index >= 15 is 9.59 Å². The fourth-order valence-corrected chi connectivity index (χ4v) is 16.8. The third kappa shape index (κ3) is 31.3. The molecule has 4 saturated heterocycles. The van der Waals surface area contributed by atoms with Gasteiger partial charge < -0.3 is 73.0 Å². The first-order valence-electron chi connectivity index (χ1n) is 38.3. The number of hydrogen-bond donors (Lipinski definition) is 11. The van der Waals surface area contributed by atoms with E-state index in [2.05, 4.69) is 32.7 Å². The van der Waals surface area contributed by atoms with Crippen LogP contribution >= 0.6 is 23.5 Å². The Bertz CT molecular complexity index is 3570. The van der Waals surface area contributed by atoms with E-state index < -0.39 is 151 Å². The summed E-state index contributed by atoms with van der Waals surface area (Å²) in [7, 11) is 0. The summed E-state index contributed by atoms with van der Waals surface area (Å²) in [6.07, 6.45) is -0.478. The number of nitrogens with one attached hydrogen (secondary N) is 4. The molecule has 1 radical (unpaired) electrons. The van der Waals surface area contributed by atoms with Crippen LogP contribution in [0.15, 0.2) is 60.9 Å². The van der Waals surface area contributed by atoms with Gasteiger partial charge in [-0.15, -0.1) is 0 Å². The second-order valence-electron chi connectivity index (χ2n) is 29.6. The Morgan fingerprint density at radius 3 is 1.70 bits per heavy atom. The van der Waals surface area contributed by atoms with Crippen molar-refractivity contribution in [2.24, 2.45) is 23.3 Å². The van der Waals surface area contributed by atoms with Crippen LogP contribution in [0.2, 0.25) is 0 Å². The molecular formula is C76H112EuN14O19S2. The molecule has 2 bridgehead atoms. The van der Waals surface area contributed by atoms with Crippen LogP contribution in [0.4, 0.5) is 0 Å². The Kier molecular flexibility index (Phi) is 40.0. The number of benzene rings is 2. The fraction of sp³-hybridized carbons (Fsp3) is 0.632. The van der Waals surface area contributed by atoms with Gasteiger partial charge in [0, 0.05) is 196 Å². The molecule has 4 fully saturated rings. The fourth-order valence-electron chi connectivity index (χ4n) is 14.6. The number of unbranched alkanes of at least 4 members (excludes halogenated alkanes) is 2. The number of aliphatic hydroxyl groups excluding tert-OH is 2. The van der Waals surface area contributed by atoms with Gasteiger partial charge in [-0.05, 0) is 74.1 Å². The van der Waals surface area contributed by atoms with Gasteiger partial charge in [0.2, 0.25) is 53.2 Å². The number of nitrogens with two attached hydrogens (primary N) is 2. The van der Waals surface area contributed by atoms with Crippen LogP contribution in [0, 0.1) is 61.2 Å². The number of carboxylic acid groups (broad SMARTS) is 3. The number of thioether (sulfide) groups is 2. The Morgan fingerprint density at radius 1 is 0.607 bits per heavy atom. The molecule has 7 rings (SSSR count). The van der Waals surface area contributed by atoms with Gasteiger partial charge >= 0.3 is 17.9 Å². The molecule has 33 nitrogen and oxygen atoms in total. The first-order valence-corrected chi connectivity index (χ1v) is 40.6. The largest absolute Gasteiger partial charge is 0.512 e. The van der Waals surface area contributed by atoms with Crippen molar-refractivity contribution in [2.75, 3.05) is 129 Å². The van der Waals surface area contributed by atoms with E-state index in [1.807, 2.05) is 34.9 Å². The Morgan fingerprint density at radius 2 is 1.15 bits per heavy atom. The quantitative estimate of drug-likeness (QED) is 0.0407. The molecule has 619 valence electrons. The molecular weight excluding hydrogens is 1630 g/mol. The van der Waals surface area contributed by atoms with Crippen LogP contribution in [-0.2, 0) is 91.6 Å². The van der Waals surface area contributed by atoms with Crippen molar-refractivity contribution in [1.29, 1.82) is 0 Å². The van der Waals surface area contributed by atoms with Crippen molar-refractivity contribution in [3.63, 3.8) is 0 Å². The molecule has 2 aromatic rings. The maximum absolute atomic E-state index is 15.1. The summed E-state index contributed by atoms with van der Waals surface area (Å²) in [6.45, 7) is 11.4. The Hall–Kier alpha value is -7.00. The van der Waals surface area contributed by atoms with Crippen LogP contribution in [0.1, 0.15) is 120 Å². The summed E-state index contributed by atoms with van der Waals surface area (Å²) in [6, 6.07) is 5.77. The SMILES string of the molecule is C=C(O)CN1CCN(CC(=O)O)CCN(CC(=O)O)CCN(CC(=O)N2CCN(Cc3cc4cc(c3)CSC[C@H](CC(=O)CCCCC)C(=O)N3CCC[C@H]3C(=O)N3CCC[C@H]3C(=O)N[C@@H]([C@@H](C)O)C(=O)N[C@@H](CCC(N)=O)C(=O)N[C@@H](Cc3ccccc3)C(=O)C[C@H](C(=O)N[C@@H](CC(=O)O)C(N)=O)CSC4)CC2)CC1.[Eu]. The molecule has 0 aliphatic carbocycles. The molecule has 0 spiro atoms. The van der Waals surface area contributed by atoms with E-state index in [-0.39, 0.29) is 175 Å². The standard InChI is InChI=1S/C76H112N14O19S2.Eu/c1-4-5-7-14-57(93)37-56-48-111-46-54-34-52(41-84-29-31-88(32-30-84)65(96)42-85-23-21-83(40-49(2)91)22-25-86(43-67(99)100)27-28-87(26-24-85)44-68(101)102)33-53(35-54)45-110-47-55(71(104)81-60(70(78)103)39-66(97)98)38-63(94)59(36-51-12-8-6-9-13-51)80-72(105)58(17-18-64(77)95)79-74(107)69(50(3)92)82-73(106)61-15-10-19-89(61)76(109)62-16-11-20-90(62)75(56)108;/h6,8-9,12-13,33-35,50,55-56,58-62,69,91-92H,2,4-5,7,10-11,14-32,36-48H2,1,3H3,(H2,77,95)(H2,78,103)(H,79,107)(H,80,105)(H,81,104)(H,82,106)(H,97,98)(H,99,100)(H,101,102);/t50-,55+,56+,58+,59+,60+,61+,62+,69+;/m1./s1. The molecule has 13 N–H and O–H groups in total. The number of primary amides is 2. The Labute approximate surface area is 703 Å². The number of fused-ring (bicyclic) bond motifs is 4. The minimum absolute atomic E-state index is 0. The van der Waals surface area contributed by atoms with Crippen LogP contribution in [0.25, 0.3) is 0 Å². The van der Waals surface area contributed by atoms with Crippen molar-refractivity contribution < 1.29 is 142 Å². The van der Waals surface area contributed by atoms with Gasteiger partial charge in [0.25, 0.3) is 0 Å². The van der Waals surface area contributed by atoms with E-state index in [1.54, 1.807) is 45.0 Å². The van der Waals surface area contributed by atoms with Crippen molar-refractivity contribution in [3.05, 3.63) is 83.1 Å². The zero-order chi connectivity index (χ0) is 80.8. The summed E-state index contributed by atoms with van der Waals surface area (Å²) in [4.78, 5) is 206. The van der Waals surface area contributed by atoms with Crippen LogP contribution in [-0.4, -0.2) is 319 Å². The number of amides is 9. The summed E-state index contributed by atoms with van der Waals surface area (Å²) in [5.74, 6) is -12.9. The number of carboxylic acids is 3. The zero-order valence-corrected chi connectivity index (χ0v) is 68.1. The van der Waals surface area contributed by atoms with E-state index in [4.69, 9.17) is 11.5 Å². The van der Waals surface area contributed by atoms with Gasteiger partial charge in [-0.1, -0.05) is 74.9 Å². The minimum Gasteiger partial charge on any atom is -0.512 e. The smallest absolute Gasteiger partial charge is 0.317 e. The van der Waals surface area contributed by atoms with E-state index in [1.165, 1.54) is 40.2 Å². The van der Waals surface area contributed by atoms with E-state index in [9.17, 15) is 83.1 Å². The average molecular weight is 1740 g/mol.